The van der Waals surface area contributed by atoms with Crippen LogP contribution in [0.25, 0.3) is 0 Å². The summed E-state index contributed by atoms with van der Waals surface area (Å²) in [4.78, 5) is 33.2. The normalized spacial score (nSPS) is 11.4. The number of rotatable bonds is 7. The summed E-state index contributed by atoms with van der Waals surface area (Å²) in [5.41, 5.74) is 1.46. The number of carbonyl (C=O) groups excluding carboxylic acids is 2. The number of benzene rings is 2. The molecular weight excluding hydrogens is 408 g/mol. The van der Waals surface area contributed by atoms with E-state index in [0.29, 0.717) is 22.7 Å². The third-order valence-electron chi connectivity index (χ3n) is 4.60. The van der Waals surface area contributed by atoms with Crippen LogP contribution in [-0.4, -0.2) is 31.6 Å². The van der Waals surface area contributed by atoms with Gasteiger partial charge in [-0.05, 0) is 55.5 Å². The van der Waals surface area contributed by atoms with Crippen LogP contribution in [0.5, 0.6) is 11.6 Å². The highest BCUT2D eigenvalue weighted by Gasteiger charge is 2.17. The minimum atomic E-state index is -0.509. The SMILES string of the molecule is CC(C(=O)Nc1ccc(NC(=O)c2cccnc2Oc2ccccc2)cc1)n1cncn1. The lowest BCUT2D eigenvalue weighted by atomic mass is 10.2. The number of nitrogens with zero attached hydrogens (tertiary/aromatic N) is 4. The Morgan fingerprint density at radius 1 is 0.938 bits per heavy atom. The Balaban J connectivity index is 1.41. The smallest absolute Gasteiger partial charge is 0.261 e. The van der Waals surface area contributed by atoms with Gasteiger partial charge >= 0.3 is 0 Å². The highest BCUT2D eigenvalue weighted by atomic mass is 16.5. The third kappa shape index (κ3) is 4.96. The maximum Gasteiger partial charge on any atom is 0.261 e. The molecule has 0 aliphatic heterocycles. The van der Waals surface area contributed by atoms with Gasteiger partial charge in [0.15, 0.2) is 0 Å². The van der Waals surface area contributed by atoms with E-state index in [4.69, 9.17) is 4.74 Å². The maximum absolute atomic E-state index is 12.8. The van der Waals surface area contributed by atoms with Crippen LogP contribution >= 0.6 is 0 Å². The predicted octanol–water partition coefficient (Wildman–Crippen LogP) is 3.92. The number of hydrogen-bond donors (Lipinski definition) is 2. The van der Waals surface area contributed by atoms with Gasteiger partial charge in [-0.15, -0.1) is 0 Å². The number of carbonyl (C=O) groups is 2. The topological polar surface area (TPSA) is 111 Å². The minimum Gasteiger partial charge on any atom is -0.438 e. The Hall–Kier alpha value is -4.53. The van der Waals surface area contributed by atoms with Gasteiger partial charge in [0.25, 0.3) is 5.91 Å². The summed E-state index contributed by atoms with van der Waals surface area (Å²) in [5.74, 6) is 0.202. The molecule has 0 radical (unpaired) electrons. The van der Waals surface area contributed by atoms with E-state index in [0.717, 1.165) is 0 Å². The highest BCUT2D eigenvalue weighted by molar-refractivity contribution is 6.06. The van der Waals surface area contributed by atoms with Crippen molar-refractivity contribution in [1.82, 2.24) is 19.7 Å². The summed E-state index contributed by atoms with van der Waals surface area (Å²) in [5, 5.41) is 9.59. The van der Waals surface area contributed by atoms with Crippen molar-refractivity contribution in [2.75, 3.05) is 10.6 Å². The Bertz CT molecular complexity index is 1190. The first-order valence-corrected chi connectivity index (χ1v) is 9.84. The number of para-hydroxylation sites is 1. The molecule has 1 unspecified atom stereocenters. The Kier molecular flexibility index (Phi) is 6.17. The second-order valence-electron chi connectivity index (χ2n) is 6.84. The van der Waals surface area contributed by atoms with Crippen LogP contribution in [0, 0.1) is 0 Å². The van der Waals surface area contributed by atoms with Crippen molar-refractivity contribution in [2.45, 2.75) is 13.0 Å². The largest absolute Gasteiger partial charge is 0.438 e. The van der Waals surface area contributed by atoms with Crippen LogP contribution in [0.4, 0.5) is 11.4 Å². The number of amides is 2. The number of aromatic nitrogens is 4. The van der Waals surface area contributed by atoms with Crippen molar-refractivity contribution in [3.8, 4) is 11.6 Å². The number of hydrogen-bond acceptors (Lipinski definition) is 6. The van der Waals surface area contributed by atoms with Crippen molar-refractivity contribution in [2.24, 2.45) is 0 Å². The Labute approximate surface area is 184 Å². The molecule has 4 aromatic rings. The first-order valence-electron chi connectivity index (χ1n) is 9.84. The van der Waals surface area contributed by atoms with Crippen LogP contribution in [0.3, 0.4) is 0 Å². The van der Waals surface area contributed by atoms with Gasteiger partial charge in [-0.3, -0.25) is 9.59 Å². The van der Waals surface area contributed by atoms with E-state index in [1.807, 2.05) is 18.2 Å². The number of ether oxygens (including phenoxy) is 1. The maximum atomic E-state index is 12.8. The van der Waals surface area contributed by atoms with E-state index in [2.05, 4.69) is 25.7 Å². The monoisotopic (exact) mass is 428 g/mol. The van der Waals surface area contributed by atoms with Crippen molar-refractivity contribution in [3.05, 3.63) is 91.1 Å². The molecule has 9 nitrogen and oxygen atoms in total. The lowest BCUT2D eigenvalue weighted by Crippen LogP contribution is -2.24. The first kappa shape index (κ1) is 20.7. The van der Waals surface area contributed by atoms with E-state index in [-0.39, 0.29) is 17.7 Å². The minimum absolute atomic E-state index is 0.210. The number of nitrogens with one attached hydrogen (secondary N) is 2. The molecule has 4 rings (SSSR count). The first-order chi connectivity index (χ1) is 15.6. The summed E-state index contributed by atoms with van der Waals surface area (Å²) >= 11 is 0. The summed E-state index contributed by atoms with van der Waals surface area (Å²) in [6.45, 7) is 1.72. The molecule has 2 aromatic carbocycles. The van der Waals surface area contributed by atoms with E-state index in [1.165, 1.54) is 17.3 Å². The predicted molar refractivity (Wildman–Crippen MR) is 119 cm³/mol. The summed E-state index contributed by atoms with van der Waals surface area (Å²) in [7, 11) is 0. The quantitative estimate of drug-likeness (QED) is 0.462. The van der Waals surface area contributed by atoms with Gasteiger partial charge in [-0.2, -0.15) is 5.10 Å². The zero-order valence-corrected chi connectivity index (χ0v) is 17.2. The molecule has 0 saturated heterocycles. The van der Waals surface area contributed by atoms with Gasteiger partial charge in [0, 0.05) is 17.6 Å². The summed E-state index contributed by atoms with van der Waals surface area (Å²) in [6, 6.07) is 18.7. The molecule has 1 atom stereocenters. The van der Waals surface area contributed by atoms with Gasteiger partial charge in [-0.25, -0.2) is 14.6 Å². The van der Waals surface area contributed by atoms with Crippen molar-refractivity contribution in [1.29, 1.82) is 0 Å². The fourth-order valence-corrected chi connectivity index (χ4v) is 2.86. The van der Waals surface area contributed by atoms with E-state index in [9.17, 15) is 9.59 Å². The average molecular weight is 428 g/mol. The number of pyridine rings is 1. The molecule has 0 saturated carbocycles. The molecule has 32 heavy (non-hydrogen) atoms. The van der Waals surface area contributed by atoms with E-state index < -0.39 is 6.04 Å². The zero-order chi connectivity index (χ0) is 22.3. The zero-order valence-electron chi connectivity index (χ0n) is 17.2. The Morgan fingerprint density at radius 2 is 1.66 bits per heavy atom. The molecule has 0 bridgehead atoms. The second kappa shape index (κ2) is 9.52. The fourth-order valence-electron chi connectivity index (χ4n) is 2.86. The van der Waals surface area contributed by atoms with Gasteiger partial charge in [-0.1, -0.05) is 18.2 Å². The van der Waals surface area contributed by atoms with Crippen molar-refractivity contribution < 1.29 is 14.3 Å². The van der Waals surface area contributed by atoms with Crippen molar-refractivity contribution >= 4 is 23.2 Å². The standard InChI is InChI=1S/C23H20N6O3/c1-16(29-15-24-14-26-29)21(30)27-17-9-11-18(12-10-17)28-22(31)20-8-5-13-25-23(20)32-19-6-3-2-4-7-19/h2-16H,1H3,(H,27,30)(H,28,31). The molecule has 160 valence electrons. The van der Waals surface area contributed by atoms with Crippen LogP contribution in [0.15, 0.2) is 85.6 Å². The van der Waals surface area contributed by atoms with Gasteiger partial charge in [0.2, 0.25) is 11.8 Å². The summed E-state index contributed by atoms with van der Waals surface area (Å²) in [6.07, 6.45) is 4.42. The lowest BCUT2D eigenvalue weighted by Gasteiger charge is -2.13. The molecule has 2 N–H and O–H groups in total. The van der Waals surface area contributed by atoms with E-state index >= 15 is 0 Å². The van der Waals surface area contributed by atoms with Crippen LogP contribution < -0.4 is 15.4 Å². The summed E-state index contributed by atoms with van der Waals surface area (Å²) < 4.78 is 7.22. The average Bonchev–Trinajstić information content (AvgIpc) is 3.36. The van der Waals surface area contributed by atoms with Crippen molar-refractivity contribution in [3.63, 3.8) is 0 Å². The molecule has 2 heterocycles. The highest BCUT2D eigenvalue weighted by Crippen LogP contribution is 2.24. The van der Waals surface area contributed by atoms with Crippen LogP contribution in [0.1, 0.15) is 23.3 Å². The Morgan fingerprint density at radius 3 is 2.34 bits per heavy atom. The van der Waals surface area contributed by atoms with E-state index in [1.54, 1.807) is 61.7 Å². The molecule has 0 aliphatic carbocycles. The molecule has 9 heteroatoms. The van der Waals surface area contributed by atoms with Gasteiger partial charge in [0.05, 0.1) is 0 Å². The van der Waals surface area contributed by atoms with Gasteiger partial charge < -0.3 is 15.4 Å². The number of anilines is 2. The fraction of sp³-hybridized carbons (Fsp3) is 0.0870. The lowest BCUT2D eigenvalue weighted by molar-refractivity contribution is -0.119. The third-order valence-corrected chi connectivity index (χ3v) is 4.60. The van der Waals surface area contributed by atoms with Crippen LogP contribution in [-0.2, 0) is 4.79 Å². The molecule has 2 aromatic heterocycles. The van der Waals surface area contributed by atoms with Gasteiger partial charge in [0.1, 0.15) is 30.0 Å². The molecule has 0 spiro atoms. The second-order valence-corrected chi connectivity index (χ2v) is 6.84. The molecule has 2 amide bonds. The molecular formula is C23H20N6O3. The molecule has 0 aliphatic rings. The molecule has 0 fully saturated rings. The van der Waals surface area contributed by atoms with Crippen LogP contribution in [0.2, 0.25) is 0 Å².